The van der Waals surface area contributed by atoms with Crippen molar-refractivity contribution in [2.24, 2.45) is 0 Å². The summed E-state index contributed by atoms with van der Waals surface area (Å²) in [5, 5.41) is 19.4. The van der Waals surface area contributed by atoms with Crippen LogP contribution in [-0.4, -0.2) is 34.7 Å². The Labute approximate surface area is 116 Å². The number of rotatable bonds is 5. The number of carbonyl (C=O) groups is 2. The Morgan fingerprint density at radius 1 is 1.47 bits per heavy atom. The third-order valence-electron chi connectivity index (χ3n) is 2.17. The third kappa shape index (κ3) is 4.80. The van der Waals surface area contributed by atoms with E-state index in [2.05, 4.69) is 21.2 Å². The fourth-order valence-electron chi connectivity index (χ4n) is 1.21. The first-order valence-electron chi connectivity index (χ1n) is 5.21. The zero-order chi connectivity index (χ0) is 14.4. The zero-order valence-corrected chi connectivity index (χ0v) is 11.2. The van der Waals surface area contributed by atoms with Crippen molar-refractivity contribution in [3.05, 3.63) is 40.1 Å². The minimum absolute atomic E-state index is 0.181. The van der Waals surface area contributed by atoms with E-state index in [0.29, 0.717) is 4.47 Å². The molecule has 0 aliphatic rings. The number of nitrogens with one attached hydrogen (secondary N) is 1. The molecule has 19 heavy (non-hydrogen) atoms. The number of aliphatic carboxylic acids is 1. The van der Waals surface area contributed by atoms with Crippen LogP contribution in [0.25, 0.3) is 6.08 Å². The Morgan fingerprint density at radius 2 is 2.16 bits per heavy atom. The van der Waals surface area contributed by atoms with E-state index in [1.54, 1.807) is 0 Å². The molecule has 0 aliphatic carbocycles. The number of aliphatic hydroxyl groups excluding tert-OH is 1. The van der Waals surface area contributed by atoms with Gasteiger partial charge in [0.2, 0.25) is 5.91 Å². The molecule has 7 heteroatoms. The number of halogens is 2. The summed E-state index contributed by atoms with van der Waals surface area (Å²) < 4.78 is 14.0. The minimum Gasteiger partial charge on any atom is -0.480 e. The molecule has 0 saturated heterocycles. The van der Waals surface area contributed by atoms with Gasteiger partial charge in [-0.15, -0.1) is 0 Å². The number of aliphatic hydroxyl groups is 1. The van der Waals surface area contributed by atoms with Crippen molar-refractivity contribution in [1.82, 2.24) is 5.32 Å². The highest BCUT2D eigenvalue weighted by Crippen LogP contribution is 2.16. The van der Waals surface area contributed by atoms with Crippen molar-refractivity contribution < 1.29 is 24.2 Å². The van der Waals surface area contributed by atoms with Crippen LogP contribution in [0.15, 0.2) is 28.7 Å². The maximum Gasteiger partial charge on any atom is 0.328 e. The van der Waals surface area contributed by atoms with Crippen LogP contribution in [0.3, 0.4) is 0 Å². The van der Waals surface area contributed by atoms with E-state index in [4.69, 9.17) is 10.2 Å². The third-order valence-corrected chi connectivity index (χ3v) is 2.66. The number of carboxylic acids is 1. The molecule has 1 aromatic rings. The topological polar surface area (TPSA) is 86.6 Å². The van der Waals surface area contributed by atoms with Crippen molar-refractivity contribution >= 4 is 33.9 Å². The average Bonchev–Trinajstić information content (AvgIpc) is 2.36. The summed E-state index contributed by atoms with van der Waals surface area (Å²) in [6.45, 7) is -0.722. The minimum atomic E-state index is -1.38. The number of carbonyl (C=O) groups excluding carboxylic acids is 1. The summed E-state index contributed by atoms with van der Waals surface area (Å²) in [5.41, 5.74) is 0.181. The van der Waals surface area contributed by atoms with Gasteiger partial charge in [-0.1, -0.05) is 15.9 Å². The summed E-state index contributed by atoms with van der Waals surface area (Å²) >= 11 is 3.16. The van der Waals surface area contributed by atoms with Gasteiger partial charge in [0.25, 0.3) is 0 Å². The molecular formula is C12H11BrFNO4. The van der Waals surface area contributed by atoms with Gasteiger partial charge in [0.15, 0.2) is 6.04 Å². The second-order valence-electron chi connectivity index (χ2n) is 3.58. The van der Waals surface area contributed by atoms with Gasteiger partial charge in [-0.2, -0.15) is 0 Å². The predicted molar refractivity (Wildman–Crippen MR) is 69.8 cm³/mol. The molecule has 0 aromatic heterocycles. The van der Waals surface area contributed by atoms with E-state index in [1.807, 2.05) is 0 Å². The van der Waals surface area contributed by atoms with E-state index in [1.165, 1.54) is 24.3 Å². The highest BCUT2D eigenvalue weighted by Gasteiger charge is 2.17. The lowest BCUT2D eigenvalue weighted by Gasteiger charge is -2.09. The summed E-state index contributed by atoms with van der Waals surface area (Å²) in [4.78, 5) is 22.0. The molecule has 0 radical (unpaired) electrons. The second kappa shape index (κ2) is 7.01. The first-order chi connectivity index (χ1) is 8.93. The molecule has 1 amide bonds. The first-order valence-corrected chi connectivity index (χ1v) is 6.00. The quantitative estimate of drug-likeness (QED) is 0.707. The molecule has 102 valence electrons. The van der Waals surface area contributed by atoms with E-state index in [9.17, 15) is 14.0 Å². The van der Waals surface area contributed by atoms with Crippen molar-refractivity contribution in [3.8, 4) is 0 Å². The van der Waals surface area contributed by atoms with Crippen LogP contribution in [0.5, 0.6) is 0 Å². The van der Waals surface area contributed by atoms with Gasteiger partial charge in [-0.3, -0.25) is 4.79 Å². The van der Waals surface area contributed by atoms with Crippen LogP contribution in [0.1, 0.15) is 5.56 Å². The molecule has 3 N–H and O–H groups in total. The summed E-state index contributed by atoms with van der Waals surface area (Å²) in [6, 6.07) is 2.83. The average molecular weight is 332 g/mol. The smallest absolute Gasteiger partial charge is 0.328 e. The van der Waals surface area contributed by atoms with Crippen LogP contribution >= 0.6 is 15.9 Å². The van der Waals surface area contributed by atoms with Crippen LogP contribution in [-0.2, 0) is 9.59 Å². The Kier molecular flexibility index (Phi) is 5.65. The van der Waals surface area contributed by atoms with Crippen molar-refractivity contribution in [2.75, 3.05) is 6.61 Å². The molecular weight excluding hydrogens is 321 g/mol. The van der Waals surface area contributed by atoms with Gasteiger partial charge < -0.3 is 15.5 Å². The largest absolute Gasteiger partial charge is 0.480 e. The van der Waals surface area contributed by atoms with E-state index < -0.39 is 30.3 Å². The lowest BCUT2D eigenvalue weighted by Crippen LogP contribution is -2.42. The molecule has 0 heterocycles. The molecule has 0 aliphatic heterocycles. The Hall–Kier alpha value is -1.73. The van der Waals surface area contributed by atoms with Crippen molar-refractivity contribution in [1.29, 1.82) is 0 Å². The number of hydrogen-bond donors (Lipinski definition) is 3. The molecule has 0 spiro atoms. The van der Waals surface area contributed by atoms with Gasteiger partial charge in [-0.25, -0.2) is 9.18 Å². The Bertz CT molecular complexity index is 518. The number of hydrogen-bond acceptors (Lipinski definition) is 3. The molecule has 1 rings (SSSR count). The summed E-state index contributed by atoms with van der Waals surface area (Å²) in [7, 11) is 0. The predicted octanol–water partition coefficient (Wildman–Crippen LogP) is 1.16. The van der Waals surface area contributed by atoms with E-state index in [-0.39, 0.29) is 5.56 Å². The fourth-order valence-corrected chi connectivity index (χ4v) is 1.59. The standard InChI is InChI=1S/C12H11BrFNO4/c13-8-2-3-9(14)7(5-8)1-4-11(17)15-10(6-16)12(18)19/h1-5,10,16H,6H2,(H,15,17)(H,18,19)/b4-1+. The highest BCUT2D eigenvalue weighted by molar-refractivity contribution is 9.10. The van der Waals surface area contributed by atoms with Gasteiger partial charge in [0.05, 0.1) is 6.61 Å². The summed E-state index contributed by atoms with van der Waals surface area (Å²) in [6.07, 6.45) is 2.21. The molecule has 1 atom stereocenters. The van der Waals surface area contributed by atoms with Gasteiger partial charge >= 0.3 is 5.97 Å². The summed E-state index contributed by atoms with van der Waals surface area (Å²) in [5.74, 6) is -2.59. The molecule has 5 nitrogen and oxygen atoms in total. The van der Waals surface area contributed by atoms with E-state index in [0.717, 1.165) is 6.08 Å². The lowest BCUT2D eigenvalue weighted by atomic mass is 10.2. The van der Waals surface area contributed by atoms with Gasteiger partial charge in [0.1, 0.15) is 5.82 Å². The van der Waals surface area contributed by atoms with Crippen molar-refractivity contribution in [3.63, 3.8) is 0 Å². The monoisotopic (exact) mass is 331 g/mol. The van der Waals surface area contributed by atoms with E-state index >= 15 is 0 Å². The molecule has 1 unspecified atom stereocenters. The fraction of sp³-hybridized carbons (Fsp3) is 0.167. The number of carboxylic acid groups (broad SMARTS) is 1. The molecule has 1 aromatic carbocycles. The molecule has 0 fully saturated rings. The van der Waals surface area contributed by atoms with Crippen molar-refractivity contribution in [2.45, 2.75) is 6.04 Å². The van der Waals surface area contributed by atoms with Gasteiger partial charge in [-0.05, 0) is 24.3 Å². The zero-order valence-electron chi connectivity index (χ0n) is 9.64. The van der Waals surface area contributed by atoms with Crippen LogP contribution in [0, 0.1) is 5.82 Å². The lowest BCUT2D eigenvalue weighted by molar-refractivity contribution is -0.142. The first kappa shape index (κ1) is 15.3. The molecule has 0 bridgehead atoms. The maximum absolute atomic E-state index is 13.3. The normalized spacial score (nSPS) is 12.4. The van der Waals surface area contributed by atoms with Gasteiger partial charge in [0, 0.05) is 16.1 Å². The van der Waals surface area contributed by atoms with Crippen LogP contribution in [0.2, 0.25) is 0 Å². The highest BCUT2D eigenvalue weighted by atomic mass is 79.9. The molecule has 0 saturated carbocycles. The second-order valence-corrected chi connectivity index (χ2v) is 4.50. The maximum atomic E-state index is 13.3. The Morgan fingerprint density at radius 3 is 2.74 bits per heavy atom. The number of amides is 1. The SMILES string of the molecule is O=C(/C=C/c1cc(Br)ccc1F)NC(CO)C(=O)O. The van der Waals surface area contributed by atoms with Crippen LogP contribution < -0.4 is 5.32 Å². The Balaban J connectivity index is 2.73. The number of benzene rings is 1. The van der Waals surface area contributed by atoms with Crippen LogP contribution in [0.4, 0.5) is 4.39 Å².